The molecule has 430 valence electrons. The fourth-order valence-electron chi connectivity index (χ4n) is 7.68. The van der Waals surface area contributed by atoms with Crippen LogP contribution < -0.4 is 0 Å². The lowest BCUT2D eigenvalue weighted by atomic mass is 10.1. The summed E-state index contributed by atoms with van der Waals surface area (Å²) in [5, 5.41) is 0. The second-order valence-electron chi connectivity index (χ2n) is 19.5. The SMILES string of the molecule is CC/C=C\C/C=C\C/C=C\C/C=C\C/C=C\C/C=C\C/C=C\C/C=C\CCCCCCC(=O)OCC(COC(=O)CC/C=C\C/C=C\C/C=C\C/C=C\CC)OC(=O)CCCCCCCCC/C=C\C/C=C\CCCCC. The summed E-state index contributed by atoms with van der Waals surface area (Å²) in [6.07, 6.45) is 93.6. The zero-order valence-corrected chi connectivity index (χ0v) is 49.1. The van der Waals surface area contributed by atoms with Crippen LogP contribution in [-0.4, -0.2) is 37.2 Å². The van der Waals surface area contributed by atoms with E-state index in [1.165, 1.54) is 44.9 Å². The Bertz CT molecular complexity index is 1790. The summed E-state index contributed by atoms with van der Waals surface area (Å²) in [4.78, 5) is 38.2. The molecule has 0 aliphatic carbocycles. The molecular formula is C71H110O6. The van der Waals surface area contributed by atoms with Crippen molar-refractivity contribution in [2.75, 3.05) is 13.2 Å². The molecule has 0 spiro atoms. The molecule has 77 heavy (non-hydrogen) atoms. The molecule has 0 bridgehead atoms. The van der Waals surface area contributed by atoms with Gasteiger partial charge in [0.2, 0.25) is 0 Å². The largest absolute Gasteiger partial charge is 0.462 e. The van der Waals surface area contributed by atoms with Gasteiger partial charge in [-0.1, -0.05) is 249 Å². The lowest BCUT2D eigenvalue weighted by Crippen LogP contribution is -2.30. The molecule has 0 saturated heterocycles. The Hall–Kier alpha value is -5.23. The third-order valence-electron chi connectivity index (χ3n) is 12.2. The van der Waals surface area contributed by atoms with E-state index in [0.717, 1.165) is 148 Å². The van der Waals surface area contributed by atoms with Crippen molar-refractivity contribution in [1.82, 2.24) is 0 Å². The average molecular weight is 1060 g/mol. The minimum atomic E-state index is -0.832. The summed E-state index contributed by atoms with van der Waals surface area (Å²) < 4.78 is 16.8. The number of carbonyl (C=O) groups excluding carboxylic acids is 3. The average Bonchev–Trinajstić information content (AvgIpc) is 3.43. The van der Waals surface area contributed by atoms with Crippen LogP contribution in [0.4, 0.5) is 0 Å². The molecule has 0 aromatic heterocycles. The van der Waals surface area contributed by atoms with Crippen molar-refractivity contribution in [2.45, 2.75) is 245 Å². The van der Waals surface area contributed by atoms with Crippen LogP contribution in [-0.2, 0) is 28.6 Å². The van der Waals surface area contributed by atoms with E-state index in [1.54, 1.807) is 0 Å². The summed E-state index contributed by atoms with van der Waals surface area (Å²) in [5.41, 5.74) is 0. The molecule has 0 radical (unpaired) electrons. The van der Waals surface area contributed by atoms with Gasteiger partial charge in [0.05, 0.1) is 0 Å². The maximum absolute atomic E-state index is 12.9. The van der Waals surface area contributed by atoms with Crippen molar-refractivity contribution in [3.05, 3.63) is 170 Å². The number of hydrogen-bond donors (Lipinski definition) is 0. The fourth-order valence-corrected chi connectivity index (χ4v) is 7.68. The standard InChI is InChI=1S/C71H110O6/c1-4-7-10-13-16-19-22-25-27-29-30-31-32-33-34-35-36-37-38-39-40-42-43-46-49-52-55-58-61-64-70(73)76-67-68(66-75-69(72)63-60-57-54-51-48-45-24-21-18-15-12-9-6-3)77-71(74)65-62-59-56-53-50-47-44-41-28-26-23-20-17-14-11-8-5-2/h7,9-10,12,16-21,25-28,30-31,33-34,36-37,39-40,43,45-46,48,54,57,68H,4-6,8,11,13-15,22-24,29,32,35,38,41-42,44,47,49-53,55-56,58-67H2,1-3H3/b10-7-,12-9-,19-16-,20-17-,21-18-,27-25-,28-26-,31-30-,34-33-,37-36-,40-39-,46-43-,48-45-,57-54-. The quantitative estimate of drug-likeness (QED) is 0.0261. The van der Waals surface area contributed by atoms with Gasteiger partial charge in [0, 0.05) is 19.3 Å². The molecule has 0 aliphatic rings. The predicted octanol–water partition coefficient (Wildman–Crippen LogP) is 21.1. The van der Waals surface area contributed by atoms with E-state index in [1.807, 2.05) is 12.2 Å². The molecule has 6 nitrogen and oxygen atoms in total. The number of unbranched alkanes of at least 4 members (excludes halogenated alkanes) is 14. The van der Waals surface area contributed by atoms with Crippen molar-refractivity contribution in [2.24, 2.45) is 0 Å². The molecule has 0 rings (SSSR count). The van der Waals surface area contributed by atoms with Gasteiger partial charge in [0.15, 0.2) is 6.10 Å². The number of ether oxygens (including phenoxy) is 3. The molecule has 0 saturated carbocycles. The number of hydrogen-bond acceptors (Lipinski definition) is 6. The third kappa shape index (κ3) is 61.5. The van der Waals surface area contributed by atoms with Gasteiger partial charge in [-0.3, -0.25) is 14.4 Å². The molecule has 0 fully saturated rings. The minimum absolute atomic E-state index is 0.125. The van der Waals surface area contributed by atoms with Crippen LogP contribution >= 0.6 is 0 Å². The van der Waals surface area contributed by atoms with E-state index in [4.69, 9.17) is 14.2 Å². The van der Waals surface area contributed by atoms with Gasteiger partial charge < -0.3 is 14.2 Å². The normalized spacial score (nSPS) is 13.3. The van der Waals surface area contributed by atoms with Crippen molar-refractivity contribution >= 4 is 17.9 Å². The molecule has 0 heterocycles. The molecule has 0 aromatic carbocycles. The van der Waals surface area contributed by atoms with Crippen molar-refractivity contribution in [3.63, 3.8) is 0 Å². The van der Waals surface area contributed by atoms with Crippen LogP contribution in [0.1, 0.15) is 239 Å². The highest BCUT2D eigenvalue weighted by Gasteiger charge is 2.19. The van der Waals surface area contributed by atoms with Crippen LogP contribution in [0.5, 0.6) is 0 Å². The lowest BCUT2D eigenvalue weighted by molar-refractivity contribution is -0.166. The van der Waals surface area contributed by atoms with Gasteiger partial charge >= 0.3 is 17.9 Å². The van der Waals surface area contributed by atoms with Gasteiger partial charge in [-0.15, -0.1) is 0 Å². The van der Waals surface area contributed by atoms with E-state index in [0.29, 0.717) is 19.3 Å². The van der Waals surface area contributed by atoms with E-state index in [-0.39, 0.29) is 37.5 Å². The maximum Gasteiger partial charge on any atom is 0.306 e. The van der Waals surface area contributed by atoms with E-state index in [9.17, 15) is 14.4 Å². The van der Waals surface area contributed by atoms with Crippen molar-refractivity contribution in [1.29, 1.82) is 0 Å². The highest BCUT2D eigenvalue weighted by atomic mass is 16.6. The summed E-state index contributed by atoms with van der Waals surface area (Å²) >= 11 is 0. The first-order valence-corrected chi connectivity index (χ1v) is 30.6. The van der Waals surface area contributed by atoms with Gasteiger partial charge in [-0.2, -0.15) is 0 Å². The predicted molar refractivity (Wildman–Crippen MR) is 334 cm³/mol. The first-order valence-electron chi connectivity index (χ1n) is 30.6. The summed E-state index contributed by atoms with van der Waals surface area (Å²) in [5.74, 6) is -1.05. The van der Waals surface area contributed by atoms with Crippen LogP contribution in [0.2, 0.25) is 0 Å². The molecule has 0 aliphatic heterocycles. The monoisotopic (exact) mass is 1060 g/mol. The zero-order valence-electron chi connectivity index (χ0n) is 49.1. The maximum atomic E-state index is 12.9. The minimum Gasteiger partial charge on any atom is -0.462 e. The highest BCUT2D eigenvalue weighted by Crippen LogP contribution is 2.13. The summed E-state index contributed by atoms with van der Waals surface area (Å²) in [6.45, 7) is 6.28. The Kier molecular flexibility index (Phi) is 59.0. The van der Waals surface area contributed by atoms with Crippen molar-refractivity contribution < 1.29 is 28.6 Å². The summed E-state index contributed by atoms with van der Waals surface area (Å²) in [7, 11) is 0. The van der Waals surface area contributed by atoms with E-state index >= 15 is 0 Å². The zero-order chi connectivity index (χ0) is 55.7. The number of carbonyl (C=O) groups is 3. The Labute approximate surface area is 472 Å². The van der Waals surface area contributed by atoms with Crippen LogP contribution in [0, 0.1) is 0 Å². The second kappa shape index (κ2) is 63.3. The molecule has 1 unspecified atom stereocenters. The topological polar surface area (TPSA) is 78.9 Å². The molecule has 0 amide bonds. The van der Waals surface area contributed by atoms with E-state index in [2.05, 4.69) is 179 Å². The Balaban J connectivity index is 4.46. The third-order valence-corrected chi connectivity index (χ3v) is 12.2. The number of esters is 3. The Morgan fingerprint density at radius 2 is 0.532 bits per heavy atom. The van der Waals surface area contributed by atoms with Crippen LogP contribution in [0.15, 0.2) is 170 Å². The molecule has 0 aromatic rings. The second-order valence-corrected chi connectivity index (χ2v) is 19.5. The molecule has 0 N–H and O–H groups in total. The number of allylic oxidation sites excluding steroid dienone is 28. The first kappa shape index (κ1) is 71.8. The van der Waals surface area contributed by atoms with Crippen LogP contribution in [0.3, 0.4) is 0 Å². The van der Waals surface area contributed by atoms with Gasteiger partial charge in [0.25, 0.3) is 0 Å². The van der Waals surface area contributed by atoms with Gasteiger partial charge in [-0.25, -0.2) is 0 Å². The smallest absolute Gasteiger partial charge is 0.306 e. The molecule has 1 atom stereocenters. The van der Waals surface area contributed by atoms with Gasteiger partial charge in [-0.05, 0) is 141 Å². The highest BCUT2D eigenvalue weighted by molar-refractivity contribution is 5.71. The first-order chi connectivity index (χ1) is 38.0. The fraction of sp³-hybridized carbons (Fsp3) is 0.563. The number of rotatable bonds is 53. The molecule has 6 heteroatoms. The van der Waals surface area contributed by atoms with Gasteiger partial charge in [0.1, 0.15) is 13.2 Å². The molecular weight excluding hydrogens is 949 g/mol. The lowest BCUT2D eigenvalue weighted by Gasteiger charge is -2.18. The Morgan fingerprint density at radius 1 is 0.273 bits per heavy atom. The van der Waals surface area contributed by atoms with E-state index < -0.39 is 6.10 Å². The van der Waals surface area contributed by atoms with Crippen LogP contribution in [0.25, 0.3) is 0 Å². The van der Waals surface area contributed by atoms with Crippen molar-refractivity contribution in [3.8, 4) is 0 Å². The Morgan fingerprint density at radius 3 is 0.870 bits per heavy atom. The summed E-state index contributed by atoms with van der Waals surface area (Å²) in [6, 6.07) is 0.